The Balaban J connectivity index is 2.14. The Kier molecular flexibility index (Phi) is 2.86. The van der Waals surface area contributed by atoms with E-state index in [9.17, 15) is 4.79 Å². The van der Waals surface area contributed by atoms with Gasteiger partial charge in [-0.1, -0.05) is 0 Å². The number of aromatic nitrogens is 2. The molecule has 0 aliphatic heterocycles. The summed E-state index contributed by atoms with van der Waals surface area (Å²) in [6.07, 6.45) is 5.30. The van der Waals surface area contributed by atoms with Crippen molar-refractivity contribution in [2.24, 2.45) is 0 Å². The molecule has 0 saturated heterocycles. The van der Waals surface area contributed by atoms with Crippen LogP contribution in [0.5, 0.6) is 0 Å². The van der Waals surface area contributed by atoms with E-state index in [1.807, 2.05) is 35.0 Å². The molecule has 5 heteroatoms. The van der Waals surface area contributed by atoms with Crippen molar-refractivity contribution in [2.75, 3.05) is 12.4 Å². The third kappa shape index (κ3) is 2.20. The standard InChI is InChI=1S/C11H12N4O/c1-12-11(16)14-9-2-4-10(5-3-9)15-7-6-13-8-15/h2-8H,1H3,(H2,12,14,16). The minimum atomic E-state index is -0.226. The molecule has 0 saturated carbocycles. The molecular formula is C11H12N4O. The maximum absolute atomic E-state index is 11.1. The summed E-state index contributed by atoms with van der Waals surface area (Å²) in [7, 11) is 1.58. The van der Waals surface area contributed by atoms with Gasteiger partial charge in [0.1, 0.15) is 0 Å². The first-order chi connectivity index (χ1) is 7.79. The molecule has 0 atom stereocenters. The van der Waals surface area contributed by atoms with Crippen LogP contribution in [-0.4, -0.2) is 22.6 Å². The maximum Gasteiger partial charge on any atom is 0.318 e. The minimum absolute atomic E-state index is 0.226. The van der Waals surface area contributed by atoms with Crippen molar-refractivity contribution >= 4 is 11.7 Å². The van der Waals surface area contributed by atoms with Crippen molar-refractivity contribution in [3.8, 4) is 5.69 Å². The summed E-state index contributed by atoms with van der Waals surface area (Å²) >= 11 is 0. The third-order valence-electron chi connectivity index (χ3n) is 2.15. The number of hydrogen-bond acceptors (Lipinski definition) is 2. The van der Waals surface area contributed by atoms with Crippen LogP contribution in [-0.2, 0) is 0 Å². The summed E-state index contributed by atoms with van der Waals surface area (Å²) in [5.74, 6) is 0. The number of benzene rings is 1. The van der Waals surface area contributed by atoms with Gasteiger partial charge in [0.15, 0.2) is 0 Å². The molecule has 82 valence electrons. The summed E-state index contributed by atoms with van der Waals surface area (Å²) in [6.45, 7) is 0. The number of nitrogens with zero attached hydrogens (tertiary/aromatic N) is 2. The number of amides is 2. The normalized spacial score (nSPS) is 9.81. The molecule has 0 radical (unpaired) electrons. The Morgan fingerprint density at radius 3 is 2.62 bits per heavy atom. The van der Waals surface area contributed by atoms with Gasteiger partial charge in [-0.05, 0) is 24.3 Å². The van der Waals surface area contributed by atoms with E-state index in [0.717, 1.165) is 11.4 Å². The topological polar surface area (TPSA) is 59.0 Å². The van der Waals surface area contributed by atoms with Crippen LogP contribution in [0.1, 0.15) is 0 Å². The van der Waals surface area contributed by atoms with Crippen LogP contribution in [0.25, 0.3) is 5.69 Å². The molecular weight excluding hydrogens is 204 g/mol. The monoisotopic (exact) mass is 216 g/mol. The zero-order chi connectivity index (χ0) is 11.4. The molecule has 16 heavy (non-hydrogen) atoms. The van der Waals surface area contributed by atoms with Crippen LogP contribution in [0, 0.1) is 0 Å². The van der Waals surface area contributed by atoms with E-state index in [4.69, 9.17) is 0 Å². The predicted octanol–water partition coefficient (Wildman–Crippen LogP) is 1.62. The Labute approximate surface area is 93.1 Å². The first-order valence-corrected chi connectivity index (χ1v) is 4.87. The van der Waals surface area contributed by atoms with Crippen molar-refractivity contribution in [3.63, 3.8) is 0 Å². The first-order valence-electron chi connectivity index (χ1n) is 4.87. The molecule has 0 aliphatic carbocycles. The number of hydrogen-bond donors (Lipinski definition) is 2. The lowest BCUT2D eigenvalue weighted by molar-refractivity contribution is 0.254. The second-order valence-electron chi connectivity index (χ2n) is 3.22. The Bertz CT molecular complexity index is 461. The highest BCUT2D eigenvalue weighted by Crippen LogP contribution is 2.12. The highest BCUT2D eigenvalue weighted by Gasteiger charge is 1.99. The fraction of sp³-hybridized carbons (Fsp3) is 0.0909. The molecule has 5 nitrogen and oxygen atoms in total. The fourth-order valence-electron chi connectivity index (χ4n) is 1.32. The number of carbonyl (C=O) groups excluding carboxylic acids is 1. The predicted molar refractivity (Wildman–Crippen MR) is 61.6 cm³/mol. The second-order valence-corrected chi connectivity index (χ2v) is 3.22. The van der Waals surface area contributed by atoms with Crippen LogP contribution in [0.4, 0.5) is 10.5 Å². The van der Waals surface area contributed by atoms with Gasteiger partial charge in [0.25, 0.3) is 0 Å². The largest absolute Gasteiger partial charge is 0.341 e. The van der Waals surface area contributed by atoms with E-state index in [0.29, 0.717) is 0 Å². The van der Waals surface area contributed by atoms with Crippen LogP contribution >= 0.6 is 0 Å². The summed E-state index contributed by atoms with van der Waals surface area (Å²) in [6, 6.07) is 7.27. The summed E-state index contributed by atoms with van der Waals surface area (Å²) in [5.41, 5.74) is 1.75. The van der Waals surface area contributed by atoms with Gasteiger partial charge >= 0.3 is 6.03 Å². The molecule has 0 bridgehead atoms. The van der Waals surface area contributed by atoms with Crippen LogP contribution in [0.2, 0.25) is 0 Å². The average Bonchev–Trinajstić information content (AvgIpc) is 2.83. The third-order valence-corrected chi connectivity index (χ3v) is 2.15. The molecule has 1 aromatic carbocycles. The number of anilines is 1. The lowest BCUT2D eigenvalue weighted by Crippen LogP contribution is -2.24. The molecule has 0 aliphatic rings. The van der Waals surface area contributed by atoms with E-state index in [1.54, 1.807) is 19.6 Å². The smallest absolute Gasteiger partial charge is 0.318 e. The van der Waals surface area contributed by atoms with Crippen LogP contribution < -0.4 is 10.6 Å². The van der Waals surface area contributed by atoms with E-state index in [-0.39, 0.29) is 6.03 Å². The number of nitrogens with one attached hydrogen (secondary N) is 2. The summed E-state index contributed by atoms with van der Waals surface area (Å²) in [4.78, 5) is 15.0. The van der Waals surface area contributed by atoms with Crippen molar-refractivity contribution in [2.45, 2.75) is 0 Å². The highest BCUT2D eigenvalue weighted by atomic mass is 16.2. The quantitative estimate of drug-likeness (QED) is 0.801. The lowest BCUT2D eigenvalue weighted by atomic mass is 10.3. The van der Waals surface area contributed by atoms with Gasteiger partial charge in [0.05, 0.1) is 6.33 Å². The van der Waals surface area contributed by atoms with Crippen LogP contribution in [0.15, 0.2) is 43.0 Å². The number of imidazole rings is 1. The van der Waals surface area contributed by atoms with E-state index in [2.05, 4.69) is 15.6 Å². The van der Waals surface area contributed by atoms with Gasteiger partial charge in [-0.3, -0.25) is 0 Å². The van der Waals surface area contributed by atoms with Crippen molar-refractivity contribution in [1.82, 2.24) is 14.9 Å². The zero-order valence-corrected chi connectivity index (χ0v) is 8.84. The van der Waals surface area contributed by atoms with Gasteiger partial charge in [-0.15, -0.1) is 0 Å². The fourth-order valence-corrected chi connectivity index (χ4v) is 1.32. The average molecular weight is 216 g/mol. The van der Waals surface area contributed by atoms with E-state index < -0.39 is 0 Å². The molecule has 2 aromatic rings. The van der Waals surface area contributed by atoms with Gasteiger partial charge < -0.3 is 15.2 Å². The zero-order valence-electron chi connectivity index (χ0n) is 8.84. The molecule has 0 fully saturated rings. The number of urea groups is 1. The molecule has 2 N–H and O–H groups in total. The van der Waals surface area contributed by atoms with Crippen molar-refractivity contribution in [3.05, 3.63) is 43.0 Å². The van der Waals surface area contributed by atoms with Crippen molar-refractivity contribution in [1.29, 1.82) is 0 Å². The molecule has 1 aromatic heterocycles. The molecule has 0 unspecified atom stereocenters. The lowest BCUT2D eigenvalue weighted by Gasteiger charge is -2.06. The van der Waals surface area contributed by atoms with Gasteiger partial charge in [0.2, 0.25) is 0 Å². The Morgan fingerprint density at radius 1 is 1.31 bits per heavy atom. The SMILES string of the molecule is CNC(=O)Nc1ccc(-n2ccnc2)cc1. The van der Waals surface area contributed by atoms with Crippen molar-refractivity contribution < 1.29 is 4.79 Å². The van der Waals surface area contributed by atoms with E-state index in [1.165, 1.54) is 0 Å². The Hall–Kier alpha value is -2.30. The summed E-state index contributed by atoms with van der Waals surface area (Å²) in [5, 5.41) is 5.18. The number of rotatable bonds is 2. The van der Waals surface area contributed by atoms with Gasteiger partial charge in [0, 0.05) is 30.8 Å². The Morgan fingerprint density at radius 2 is 2.06 bits per heavy atom. The molecule has 1 heterocycles. The first kappa shape index (κ1) is 10.2. The molecule has 0 spiro atoms. The minimum Gasteiger partial charge on any atom is -0.341 e. The van der Waals surface area contributed by atoms with Gasteiger partial charge in [-0.25, -0.2) is 9.78 Å². The number of carbonyl (C=O) groups is 1. The van der Waals surface area contributed by atoms with Gasteiger partial charge in [-0.2, -0.15) is 0 Å². The molecule has 2 rings (SSSR count). The highest BCUT2D eigenvalue weighted by molar-refractivity contribution is 5.89. The summed E-state index contributed by atoms with van der Waals surface area (Å²) < 4.78 is 1.89. The second kappa shape index (κ2) is 4.48. The maximum atomic E-state index is 11.1. The van der Waals surface area contributed by atoms with E-state index >= 15 is 0 Å². The molecule has 2 amide bonds. The van der Waals surface area contributed by atoms with Crippen LogP contribution in [0.3, 0.4) is 0 Å².